The Bertz CT molecular complexity index is 449. The summed E-state index contributed by atoms with van der Waals surface area (Å²) in [6.45, 7) is 6.92. The van der Waals surface area contributed by atoms with Crippen molar-refractivity contribution in [3.8, 4) is 0 Å². The van der Waals surface area contributed by atoms with Crippen molar-refractivity contribution in [1.82, 2.24) is 14.9 Å². The van der Waals surface area contributed by atoms with Crippen LogP contribution in [0.2, 0.25) is 0 Å². The summed E-state index contributed by atoms with van der Waals surface area (Å²) in [5.74, 6) is 2.93. The van der Waals surface area contributed by atoms with Crippen molar-refractivity contribution in [3.05, 3.63) is 11.9 Å². The van der Waals surface area contributed by atoms with Crippen LogP contribution in [0.25, 0.3) is 0 Å². The van der Waals surface area contributed by atoms with Crippen molar-refractivity contribution < 1.29 is 0 Å². The highest BCUT2D eigenvalue weighted by molar-refractivity contribution is 5.37. The van der Waals surface area contributed by atoms with Crippen LogP contribution in [0, 0.1) is 18.8 Å². The second-order valence-electron chi connectivity index (χ2n) is 6.61. The fraction of sp³-hybridized carbons (Fsp3) is 0.800. The van der Waals surface area contributed by atoms with Gasteiger partial charge < -0.3 is 14.8 Å². The van der Waals surface area contributed by atoms with Crippen LogP contribution in [0.5, 0.6) is 0 Å². The highest BCUT2D eigenvalue weighted by atomic mass is 15.3. The maximum atomic E-state index is 4.83. The van der Waals surface area contributed by atoms with E-state index in [2.05, 4.69) is 27.9 Å². The molecule has 1 aromatic heterocycles. The molecule has 0 aromatic carbocycles. The molecule has 0 amide bonds. The third-order valence-electron chi connectivity index (χ3n) is 5.22. The quantitative estimate of drug-likeness (QED) is 0.882. The van der Waals surface area contributed by atoms with Gasteiger partial charge in [0.1, 0.15) is 0 Å². The van der Waals surface area contributed by atoms with E-state index in [4.69, 9.17) is 4.98 Å². The molecule has 3 fully saturated rings. The zero-order chi connectivity index (χ0) is 12.8. The fourth-order valence-electron chi connectivity index (χ4n) is 4.21. The number of hydrogen-bond donors (Lipinski definition) is 1. The van der Waals surface area contributed by atoms with Crippen molar-refractivity contribution in [3.63, 3.8) is 0 Å². The number of nitrogens with one attached hydrogen (secondary N) is 1. The topological polar surface area (TPSA) is 33.1 Å². The normalized spacial score (nSPS) is 31.3. The van der Waals surface area contributed by atoms with Gasteiger partial charge in [-0.15, -0.1) is 0 Å². The van der Waals surface area contributed by atoms with Gasteiger partial charge >= 0.3 is 0 Å². The molecule has 4 nitrogen and oxygen atoms in total. The minimum absolute atomic E-state index is 0.703. The third kappa shape index (κ3) is 1.97. The molecule has 1 aromatic rings. The summed E-state index contributed by atoms with van der Waals surface area (Å²) in [4.78, 5) is 7.38. The number of aromatic nitrogens is 2. The predicted molar refractivity (Wildman–Crippen MR) is 76.5 cm³/mol. The number of anilines is 1. The standard InChI is InChI=1S/C15H24N4/c1-11-8-19(14-4-2-3-5-14)15(17-11)18-9-12-6-16-7-13(12)10-18/h8,12-14,16H,2-7,9-10H2,1H3/t12-,13+. The van der Waals surface area contributed by atoms with Gasteiger partial charge in [-0.25, -0.2) is 4.98 Å². The van der Waals surface area contributed by atoms with Crippen LogP contribution >= 0.6 is 0 Å². The Kier molecular flexibility index (Phi) is 2.79. The second-order valence-corrected chi connectivity index (χ2v) is 6.61. The molecular formula is C15H24N4. The summed E-state index contributed by atoms with van der Waals surface area (Å²) in [5.41, 5.74) is 1.18. The molecule has 0 unspecified atom stereocenters. The first-order chi connectivity index (χ1) is 9.31. The van der Waals surface area contributed by atoms with E-state index in [-0.39, 0.29) is 0 Å². The predicted octanol–water partition coefficient (Wildman–Crippen LogP) is 1.96. The van der Waals surface area contributed by atoms with Crippen LogP contribution in [-0.4, -0.2) is 35.7 Å². The van der Waals surface area contributed by atoms with Gasteiger partial charge in [-0.1, -0.05) is 12.8 Å². The zero-order valence-electron chi connectivity index (χ0n) is 11.8. The lowest BCUT2D eigenvalue weighted by molar-refractivity contribution is 0.513. The van der Waals surface area contributed by atoms with Gasteiger partial charge in [0.2, 0.25) is 5.95 Å². The lowest BCUT2D eigenvalue weighted by Gasteiger charge is -2.23. The van der Waals surface area contributed by atoms with Crippen molar-refractivity contribution in [2.45, 2.75) is 38.6 Å². The number of rotatable bonds is 2. The monoisotopic (exact) mass is 260 g/mol. The zero-order valence-corrected chi connectivity index (χ0v) is 11.8. The first-order valence-electron chi connectivity index (χ1n) is 7.82. The molecular weight excluding hydrogens is 236 g/mol. The Morgan fingerprint density at radius 1 is 1.16 bits per heavy atom. The molecule has 0 radical (unpaired) electrons. The number of imidazole rings is 1. The summed E-state index contributed by atoms with van der Waals surface area (Å²) in [6.07, 6.45) is 7.72. The van der Waals surface area contributed by atoms with Crippen molar-refractivity contribution in [2.24, 2.45) is 11.8 Å². The lowest BCUT2D eigenvalue weighted by atomic mass is 10.0. The molecule has 0 bridgehead atoms. The summed E-state index contributed by atoms with van der Waals surface area (Å²) in [5, 5.41) is 3.52. The van der Waals surface area contributed by atoms with E-state index in [0.717, 1.165) is 11.8 Å². The Morgan fingerprint density at radius 2 is 1.84 bits per heavy atom. The Morgan fingerprint density at radius 3 is 2.53 bits per heavy atom. The summed E-state index contributed by atoms with van der Waals surface area (Å²) < 4.78 is 2.48. The Labute approximate surface area is 115 Å². The van der Waals surface area contributed by atoms with Crippen LogP contribution in [0.1, 0.15) is 37.4 Å². The van der Waals surface area contributed by atoms with Crippen LogP contribution in [0.4, 0.5) is 5.95 Å². The van der Waals surface area contributed by atoms with Crippen LogP contribution in [0.15, 0.2) is 6.20 Å². The molecule has 2 atom stereocenters. The number of nitrogens with zero attached hydrogens (tertiary/aromatic N) is 3. The van der Waals surface area contributed by atoms with Gasteiger partial charge in [0.05, 0.1) is 5.69 Å². The molecule has 1 aliphatic carbocycles. The molecule has 1 N–H and O–H groups in total. The molecule has 0 spiro atoms. The van der Waals surface area contributed by atoms with E-state index in [1.165, 1.54) is 63.5 Å². The first kappa shape index (κ1) is 11.8. The highest BCUT2D eigenvalue weighted by Gasteiger charge is 2.38. The molecule has 104 valence electrons. The molecule has 1 saturated carbocycles. The summed E-state index contributed by atoms with van der Waals surface area (Å²) >= 11 is 0. The van der Waals surface area contributed by atoms with E-state index in [9.17, 15) is 0 Å². The average molecular weight is 260 g/mol. The van der Waals surface area contributed by atoms with Gasteiger partial charge in [-0.05, 0) is 31.6 Å². The SMILES string of the molecule is Cc1cn(C2CCCC2)c(N2C[C@H]3CNC[C@H]3C2)n1. The van der Waals surface area contributed by atoms with E-state index >= 15 is 0 Å². The number of fused-ring (bicyclic) bond motifs is 1. The van der Waals surface area contributed by atoms with Crippen LogP contribution in [0.3, 0.4) is 0 Å². The number of aryl methyl sites for hydroxylation is 1. The molecule has 3 aliphatic rings. The van der Waals surface area contributed by atoms with Gasteiger partial charge in [0.25, 0.3) is 0 Å². The second kappa shape index (κ2) is 4.51. The summed E-state index contributed by atoms with van der Waals surface area (Å²) in [6, 6.07) is 0.703. The molecule has 4 heteroatoms. The highest BCUT2D eigenvalue weighted by Crippen LogP contribution is 2.36. The number of hydrogen-bond acceptors (Lipinski definition) is 3. The van der Waals surface area contributed by atoms with Crippen molar-refractivity contribution >= 4 is 5.95 Å². The van der Waals surface area contributed by atoms with E-state index < -0.39 is 0 Å². The maximum Gasteiger partial charge on any atom is 0.205 e. The minimum atomic E-state index is 0.703. The van der Waals surface area contributed by atoms with Crippen molar-refractivity contribution in [2.75, 3.05) is 31.1 Å². The van der Waals surface area contributed by atoms with Gasteiger partial charge in [0, 0.05) is 38.4 Å². The van der Waals surface area contributed by atoms with E-state index in [1.54, 1.807) is 0 Å². The van der Waals surface area contributed by atoms with Crippen LogP contribution in [-0.2, 0) is 0 Å². The lowest BCUT2D eigenvalue weighted by Crippen LogP contribution is -2.28. The maximum absolute atomic E-state index is 4.83. The van der Waals surface area contributed by atoms with E-state index in [0.29, 0.717) is 6.04 Å². The first-order valence-corrected chi connectivity index (χ1v) is 7.82. The molecule has 3 heterocycles. The molecule has 4 rings (SSSR count). The summed E-state index contributed by atoms with van der Waals surface area (Å²) in [7, 11) is 0. The van der Waals surface area contributed by atoms with Crippen molar-refractivity contribution in [1.29, 1.82) is 0 Å². The average Bonchev–Trinajstić information content (AvgIpc) is 3.11. The van der Waals surface area contributed by atoms with Gasteiger partial charge in [-0.2, -0.15) is 0 Å². The molecule has 19 heavy (non-hydrogen) atoms. The molecule has 2 saturated heterocycles. The smallest absolute Gasteiger partial charge is 0.205 e. The minimum Gasteiger partial charge on any atom is -0.342 e. The van der Waals surface area contributed by atoms with E-state index in [1.807, 2.05) is 0 Å². The Balaban J connectivity index is 1.60. The van der Waals surface area contributed by atoms with Crippen LogP contribution < -0.4 is 10.2 Å². The fourth-order valence-corrected chi connectivity index (χ4v) is 4.21. The largest absolute Gasteiger partial charge is 0.342 e. The Hall–Kier alpha value is -1.03. The van der Waals surface area contributed by atoms with Gasteiger partial charge in [0.15, 0.2) is 0 Å². The van der Waals surface area contributed by atoms with Gasteiger partial charge in [-0.3, -0.25) is 0 Å². The molecule has 2 aliphatic heterocycles. The third-order valence-corrected chi connectivity index (χ3v) is 5.22.